The van der Waals surface area contributed by atoms with Gasteiger partial charge in [-0.2, -0.15) is 4.72 Å². The molecule has 0 saturated carbocycles. The fraction of sp³-hybridized carbons (Fsp3) is 0.333. The summed E-state index contributed by atoms with van der Waals surface area (Å²) in [7, 11) is -3.94. The van der Waals surface area contributed by atoms with Gasteiger partial charge in [0.15, 0.2) is 0 Å². The van der Waals surface area contributed by atoms with Gasteiger partial charge in [0.1, 0.15) is 17.4 Å². The molecule has 0 radical (unpaired) electrons. The minimum Gasteiger partial charge on any atom is -0.425 e. The fourth-order valence-corrected chi connectivity index (χ4v) is 4.74. The number of hydrogen-bond donors (Lipinski definition) is 1. The molecule has 2 aromatic carbocycles. The molecule has 1 aromatic heterocycles. The Morgan fingerprint density at radius 1 is 1.06 bits per heavy atom. The monoisotopic (exact) mass is 457 g/mol. The second-order valence-corrected chi connectivity index (χ2v) is 9.87. The van der Waals surface area contributed by atoms with Crippen molar-refractivity contribution in [1.29, 1.82) is 0 Å². The SMILES string of the molecule is CCc1cc(=O)oc2cc(C)cc(OC(=O)[C@H](NS(=O)(=O)c3ccc(C)cc3)C(C)C)c12. The predicted octanol–water partition coefficient (Wildman–Crippen LogP) is 3.88. The molecule has 0 saturated heterocycles. The molecule has 3 rings (SSSR count). The largest absolute Gasteiger partial charge is 0.425 e. The number of fused-ring (bicyclic) bond motifs is 1. The van der Waals surface area contributed by atoms with E-state index in [0.717, 1.165) is 11.1 Å². The van der Waals surface area contributed by atoms with Crippen molar-refractivity contribution in [3.05, 3.63) is 69.6 Å². The molecule has 32 heavy (non-hydrogen) atoms. The first-order valence-electron chi connectivity index (χ1n) is 10.4. The van der Waals surface area contributed by atoms with Crippen molar-refractivity contribution in [2.75, 3.05) is 0 Å². The first-order chi connectivity index (χ1) is 15.0. The summed E-state index contributed by atoms with van der Waals surface area (Å²) in [6.07, 6.45) is 0.531. The van der Waals surface area contributed by atoms with Crippen LogP contribution in [0.2, 0.25) is 0 Å². The molecule has 170 valence electrons. The van der Waals surface area contributed by atoms with Crippen LogP contribution >= 0.6 is 0 Å². The van der Waals surface area contributed by atoms with Crippen LogP contribution in [0.5, 0.6) is 5.75 Å². The molecule has 0 amide bonds. The molecular weight excluding hydrogens is 430 g/mol. The van der Waals surface area contributed by atoms with Gasteiger partial charge in [0, 0.05) is 6.07 Å². The Morgan fingerprint density at radius 3 is 2.31 bits per heavy atom. The third kappa shape index (κ3) is 5.08. The van der Waals surface area contributed by atoms with Gasteiger partial charge < -0.3 is 9.15 Å². The smallest absolute Gasteiger partial charge is 0.336 e. The minimum atomic E-state index is -3.94. The highest BCUT2D eigenvalue weighted by molar-refractivity contribution is 7.89. The average molecular weight is 458 g/mol. The highest BCUT2D eigenvalue weighted by atomic mass is 32.2. The van der Waals surface area contributed by atoms with Crippen molar-refractivity contribution in [1.82, 2.24) is 4.72 Å². The lowest BCUT2D eigenvalue weighted by Crippen LogP contribution is -2.46. The number of carbonyl (C=O) groups is 1. The number of esters is 1. The van der Waals surface area contributed by atoms with E-state index in [1.807, 2.05) is 13.8 Å². The van der Waals surface area contributed by atoms with E-state index in [-0.39, 0.29) is 16.6 Å². The quantitative estimate of drug-likeness (QED) is 0.328. The number of sulfonamides is 1. The van der Waals surface area contributed by atoms with Crippen molar-refractivity contribution < 1.29 is 22.4 Å². The third-order valence-electron chi connectivity index (χ3n) is 5.16. The Balaban J connectivity index is 1.97. The van der Waals surface area contributed by atoms with Gasteiger partial charge >= 0.3 is 11.6 Å². The fourth-order valence-electron chi connectivity index (χ4n) is 3.41. The van der Waals surface area contributed by atoms with E-state index in [1.165, 1.54) is 18.2 Å². The van der Waals surface area contributed by atoms with Gasteiger partial charge in [-0.1, -0.05) is 38.5 Å². The highest BCUT2D eigenvalue weighted by Gasteiger charge is 2.30. The van der Waals surface area contributed by atoms with E-state index < -0.39 is 27.7 Å². The van der Waals surface area contributed by atoms with E-state index in [4.69, 9.17) is 9.15 Å². The molecule has 0 fully saturated rings. The lowest BCUT2D eigenvalue weighted by Gasteiger charge is -2.21. The second kappa shape index (κ2) is 9.26. The van der Waals surface area contributed by atoms with Crippen LogP contribution in [-0.4, -0.2) is 20.4 Å². The van der Waals surface area contributed by atoms with Crippen LogP contribution in [0.25, 0.3) is 11.0 Å². The number of benzene rings is 2. The second-order valence-electron chi connectivity index (χ2n) is 8.16. The number of aryl methyl sites for hydroxylation is 3. The van der Waals surface area contributed by atoms with Gasteiger partial charge in [-0.25, -0.2) is 18.0 Å². The van der Waals surface area contributed by atoms with Gasteiger partial charge in [0.25, 0.3) is 0 Å². The molecule has 1 N–H and O–H groups in total. The molecule has 8 heteroatoms. The zero-order chi connectivity index (χ0) is 23.6. The normalized spacial score (nSPS) is 12.8. The molecule has 0 aliphatic heterocycles. The van der Waals surface area contributed by atoms with Crippen LogP contribution in [0.4, 0.5) is 0 Å². The summed E-state index contributed by atoms with van der Waals surface area (Å²) in [6, 6.07) is 9.99. The summed E-state index contributed by atoms with van der Waals surface area (Å²) in [4.78, 5) is 25.0. The molecule has 0 aliphatic rings. The molecule has 0 aliphatic carbocycles. The summed E-state index contributed by atoms with van der Waals surface area (Å²) >= 11 is 0. The third-order valence-corrected chi connectivity index (χ3v) is 6.62. The number of hydrogen-bond acceptors (Lipinski definition) is 6. The van der Waals surface area contributed by atoms with E-state index in [9.17, 15) is 18.0 Å². The van der Waals surface area contributed by atoms with E-state index in [1.54, 1.807) is 45.0 Å². The maximum Gasteiger partial charge on any atom is 0.336 e. The van der Waals surface area contributed by atoms with Crippen molar-refractivity contribution in [2.45, 2.75) is 52.0 Å². The minimum absolute atomic E-state index is 0.0672. The van der Waals surface area contributed by atoms with Crippen LogP contribution in [-0.2, 0) is 21.2 Å². The molecule has 0 spiro atoms. The molecule has 3 aromatic rings. The molecule has 1 atom stereocenters. The van der Waals surface area contributed by atoms with Crippen LogP contribution in [0, 0.1) is 19.8 Å². The topological polar surface area (TPSA) is 103 Å². The maximum atomic E-state index is 13.1. The molecule has 0 unspecified atom stereocenters. The molecule has 7 nitrogen and oxygen atoms in total. The van der Waals surface area contributed by atoms with Crippen molar-refractivity contribution in [3.8, 4) is 5.75 Å². The first kappa shape index (κ1) is 23.7. The Bertz CT molecular complexity index is 1310. The number of nitrogens with one attached hydrogen (secondary N) is 1. The van der Waals surface area contributed by atoms with E-state index in [2.05, 4.69) is 4.72 Å². The summed E-state index contributed by atoms with van der Waals surface area (Å²) in [5.74, 6) is -0.885. The van der Waals surface area contributed by atoms with Gasteiger partial charge in [0.2, 0.25) is 10.0 Å². The number of carbonyl (C=O) groups excluding carboxylic acids is 1. The van der Waals surface area contributed by atoms with Crippen molar-refractivity contribution in [2.24, 2.45) is 5.92 Å². The summed E-state index contributed by atoms with van der Waals surface area (Å²) in [6.45, 7) is 8.99. The van der Waals surface area contributed by atoms with Crippen LogP contribution in [0.1, 0.15) is 37.5 Å². The lowest BCUT2D eigenvalue weighted by atomic mass is 10.0. The van der Waals surface area contributed by atoms with Crippen LogP contribution in [0.3, 0.4) is 0 Å². The Hall–Kier alpha value is -2.97. The summed E-state index contributed by atoms with van der Waals surface area (Å²) < 4.78 is 39.2. The number of ether oxygens (including phenoxy) is 1. The maximum absolute atomic E-state index is 13.1. The predicted molar refractivity (Wildman–Crippen MR) is 122 cm³/mol. The summed E-state index contributed by atoms with van der Waals surface area (Å²) in [5, 5.41) is 0.523. The van der Waals surface area contributed by atoms with Crippen molar-refractivity contribution >= 4 is 27.0 Å². The molecule has 1 heterocycles. The van der Waals surface area contributed by atoms with Crippen LogP contribution < -0.4 is 15.1 Å². The summed E-state index contributed by atoms with van der Waals surface area (Å²) in [5.41, 5.74) is 2.17. The Morgan fingerprint density at radius 2 is 1.72 bits per heavy atom. The van der Waals surface area contributed by atoms with E-state index in [0.29, 0.717) is 23.0 Å². The average Bonchev–Trinajstić information content (AvgIpc) is 2.70. The molecule has 0 bridgehead atoms. The van der Waals surface area contributed by atoms with Gasteiger partial charge in [-0.15, -0.1) is 0 Å². The highest BCUT2D eigenvalue weighted by Crippen LogP contribution is 2.31. The lowest BCUT2D eigenvalue weighted by molar-refractivity contribution is -0.137. The number of rotatable bonds is 7. The standard InChI is InChI=1S/C24H27NO6S/c1-6-17-13-21(26)30-19-11-16(5)12-20(22(17)19)31-24(27)23(14(2)3)25-32(28,29)18-9-7-15(4)8-10-18/h7-14,23,25H,6H2,1-5H3/t23-/m1/s1. The first-order valence-corrected chi connectivity index (χ1v) is 11.9. The zero-order valence-electron chi connectivity index (χ0n) is 18.8. The Labute approximate surface area is 187 Å². The van der Waals surface area contributed by atoms with Gasteiger partial charge in [-0.05, 0) is 61.6 Å². The Kier molecular flexibility index (Phi) is 6.85. The molecular formula is C24H27NO6S. The van der Waals surface area contributed by atoms with Crippen LogP contribution in [0.15, 0.2) is 56.6 Å². The van der Waals surface area contributed by atoms with E-state index >= 15 is 0 Å². The zero-order valence-corrected chi connectivity index (χ0v) is 19.6. The van der Waals surface area contributed by atoms with Gasteiger partial charge in [0.05, 0.1) is 10.3 Å². The van der Waals surface area contributed by atoms with Gasteiger partial charge in [-0.3, -0.25) is 0 Å². The van der Waals surface area contributed by atoms with Crippen molar-refractivity contribution in [3.63, 3.8) is 0 Å².